The Balaban J connectivity index is 3.34. The summed E-state index contributed by atoms with van der Waals surface area (Å²) in [7, 11) is 0. The van der Waals surface area contributed by atoms with Crippen molar-refractivity contribution in [2.75, 3.05) is 6.61 Å². The summed E-state index contributed by atoms with van der Waals surface area (Å²) < 4.78 is -0.211. The van der Waals surface area contributed by atoms with Crippen molar-refractivity contribution in [1.29, 1.82) is 0 Å². The summed E-state index contributed by atoms with van der Waals surface area (Å²) in [6, 6.07) is 0. The van der Waals surface area contributed by atoms with E-state index in [0.29, 0.717) is 0 Å². The van der Waals surface area contributed by atoms with Gasteiger partial charge in [-0.2, -0.15) is 0 Å². The highest BCUT2D eigenvalue weighted by Crippen LogP contribution is 1.98. The summed E-state index contributed by atoms with van der Waals surface area (Å²) in [5.41, 5.74) is 0. The van der Waals surface area contributed by atoms with Crippen LogP contribution in [-0.4, -0.2) is 21.4 Å². The van der Waals surface area contributed by atoms with Gasteiger partial charge in [-0.15, -0.1) is 0 Å². The first kappa shape index (κ1) is 7.36. The molecule has 42 valence electrons. The maximum absolute atomic E-state index is 10.2. The first-order valence-corrected chi connectivity index (χ1v) is 3.18. The van der Waals surface area contributed by atoms with E-state index in [1.54, 1.807) is 0 Å². The molecular formula is C4H7IO2. The molecule has 1 N–H and O–H groups in total. The fraction of sp³-hybridized carbons (Fsp3) is 0.750. The number of carbonyl (C=O) groups is 1. The highest BCUT2D eigenvalue weighted by Gasteiger charge is 2.04. The molecule has 0 aromatic heterocycles. The van der Waals surface area contributed by atoms with Crippen LogP contribution >= 0.6 is 22.6 Å². The Morgan fingerprint density at radius 2 is 2.43 bits per heavy atom. The Labute approximate surface area is 56.1 Å². The molecule has 0 aliphatic carbocycles. The zero-order valence-corrected chi connectivity index (χ0v) is 6.18. The van der Waals surface area contributed by atoms with Gasteiger partial charge in [0.2, 0.25) is 0 Å². The average molecular weight is 214 g/mol. The monoisotopic (exact) mass is 214 g/mol. The molecule has 0 amide bonds. The number of ketones is 1. The SMILES string of the molecule is CC(=O)C(I)CO. The van der Waals surface area contributed by atoms with Crippen LogP contribution in [0, 0.1) is 0 Å². The molecule has 0 heterocycles. The van der Waals surface area contributed by atoms with Crippen molar-refractivity contribution in [3.05, 3.63) is 0 Å². The van der Waals surface area contributed by atoms with Gasteiger partial charge in [0.15, 0.2) is 0 Å². The summed E-state index contributed by atoms with van der Waals surface area (Å²) >= 11 is 1.90. The lowest BCUT2D eigenvalue weighted by molar-refractivity contribution is -0.116. The van der Waals surface area contributed by atoms with Crippen LogP contribution in [0.25, 0.3) is 0 Å². The second-order valence-electron chi connectivity index (χ2n) is 1.26. The van der Waals surface area contributed by atoms with E-state index in [1.165, 1.54) is 6.92 Å². The predicted octanol–water partition coefficient (Wildman–Crippen LogP) is 0.371. The lowest BCUT2D eigenvalue weighted by Crippen LogP contribution is -2.13. The fourth-order valence-electron chi connectivity index (χ4n) is 0.129. The van der Waals surface area contributed by atoms with Gasteiger partial charge in [-0.25, -0.2) is 0 Å². The predicted molar refractivity (Wildman–Crippen MR) is 35.6 cm³/mol. The topological polar surface area (TPSA) is 37.3 Å². The molecule has 0 aliphatic heterocycles. The molecule has 0 spiro atoms. The number of rotatable bonds is 2. The Morgan fingerprint density at radius 3 is 2.43 bits per heavy atom. The number of aliphatic hydroxyl groups excluding tert-OH is 1. The van der Waals surface area contributed by atoms with Gasteiger partial charge in [0, 0.05) is 0 Å². The Hall–Kier alpha value is 0.360. The van der Waals surface area contributed by atoms with Crippen molar-refractivity contribution in [2.24, 2.45) is 0 Å². The fourth-order valence-corrected chi connectivity index (χ4v) is 0.129. The summed E-state index contributed by atoms with van der Waals surface area (Å²) in [5.74, 6) is 0.0306. The minimum atomic E-state index is -0.211. The molecule has 0 rings (SSSR count). The van der Waals surface area contributed by atoms with Gasteiger partial charge in [0.1, 0.15) is 5.78 Å². The van der Waals surface area contributed by atoms with Crippen LogP contribution in [0.15, 0.2) is 0 Å². The molecule has 0 fully saturated rings. The van der Waals surface area contributed by atoms with Crippen molar-refractivity contribution in [3.8, 4) is 0 Å². The van der Waals surface area contributed by atoms with Gasteiger partial charge in [0.25, 0.3) is 0 Å². The molecule has 7 heavy (non-hydrogen) atoms. The second-order valence-corrected chi connectivity index (χ2v) is 2.76. The van der Waals surface area contributed by atoms with Gasteiger partial charge in [-0.1, -0.05) is 22.6 Å². The average Bonchev–Trinajstić information content (AvgIpc) is 1.65. The van der Waals surface area contributed by atoms with E-state index in [9.17, 15) is 4.79 Å². The van der Waals surface area contributed by atoms with Crippen LogP contribution in [0.4, 0.5) is 0 Å². The Morgan fingerprint density at radius 1 is 2.00 bits per heavy atom. The van der Waals surface area contributed by atoms with E-state index >= 15 is 0 Å². The van der Waals surface area contributed by atoms with Crippen LogP contribution < -0.4 is 0 Å². The van der Waals surface area contributed by atoms with E-state index in [4.69, 9.17) is 5.11 Å². The first-order chi connectivity index (χ1) is 3.18. The van der Waals surface area contributed by atoms with E-state index < -0.39 is 0 Å². The lowest BCUT2D eigenvalue weighted by Gasteiger charge is -1.95. The third kappa shape index (κ3) is 2.99. The smallest absolute Gasteiger partial charge is 0.144 e. The summed E-state index contributed by atoms with van der Waals surface area (Å²) in [4.78, 5) is 10.2. The van der Waals surface area contributed by atoms with Crippen LogP contribution in [0.1, 0.15) is 6.92 Å². The Kier molecular flexibility index (Phi) is 3.55. The van der Waals surface area contributed by atoms with Gasteiger partial charge in [-0.05, 0) is 6.92 Å². The summed E-state index contributed by atoms with van der Waals surface area (Å²) in [6.07, 6.45) is 0. The molecule has 0 saturated heterocycles. The standard InChI is InChI=1S/C4H7IO2/c1-3(7)4(5)2-6/h4,6H,2H2,1H3. The molecule has 2 nitrogen and oxygen atoms in total. The molecule has 0 aromatic carbocycles. The maximum atomic E-state index is 10.2. The van der Waals surface area contributed by atoms with Crippen LogP contribution in [0.2, 0.25) is 0 Å². The maximum Gasteiger partial charge on any atom is 0.144 e. The lowest BCUT2D eigenvalue weighted by atomic mass is 10.3. The molecule has 0 aliphatic rings. The highest BCUT2D eigenvalue weighted by molar-refractivity contribution is 14.1. The van der Waals surface area contributed by atoms with Crippen molar-refractivity contribution in [1.82, 2.24) is 0 Å². The van der Waals surface area contributed by atoms with Gasteiger partial charge < -0.3 is 5.11 Å². The highest BCUT2D eigenvalue weighted by atomic mass is 127. The zero-order chi connectivity index (χ0) is 5.86. The minimum absolute atomic E-state index is 0.0306. The molecule has 3 heteroatoms. The normalized spacial score (nSPS) is 13.6. The first-order valence-electron chi connectivity index (χ1n) is 1.94. The third-order valence-electron chi connectivity index (χ3n) is 0.601. The molecular weight excluding hydrogens is 207 g/mol. The quantitative estimate of drug-likeness (QED) is 0.532. The second kappa shape index (κ2) is 3.37. The zero-order valence-electron chi connectivity index (χ0n) is 4.02. The van der Waals surface area contributed by atoms with E-state index in [2.05, 4.69) is 0 Å². The molecule has 0 bridgehead atoms. The van der Waals surface area contributed by atoms with Gasteiger partial charge in [0.05, 0.1) is 10.5 Å². The molecule has 0 saturated carbocycles. The number of carbonyl (C=O) groups excluding carboxylic acids is 1. The number of alkyl halides is 1. The van der Waals surface area contributed by atoms with Gasteiger partial charge in [-0.3, -0.25) is 4.79 Å². The largest absolute Gasteiger partial charge is 0.395 e. The van der Waals surface area contributed by atoms with E-state index in [0.717, 1.165) is 0 Å². The van der Waals surface area contributed by atoms with E-state index in [-0.39, 0.29) is 16.3 Å². The van der Waals surface area contributed by atoms with Crippen molar-refractivity contribution < 1.29 is 9.90 Å². The van der Waals surface area contributed by atoms with Crippen molar-refractivity contribution >= 4 is 28.4 Å². The number of halogens is 1. The number of Topliss-reactive ketones (excluding diaryl/α,β-unsaturated/α-hetero) is 1. The summed E-state index contributed by atoms with van der Waals surface area (Å²) in [5, 5.41) is 8.28. The molecule has 0 aromatic rings. The number of hydrogen-bond donors (Lipinski definition) is 1. The van der Waals surface area contributed by atoms with Gasteiger partial charge >= 0.3 is 0 Å². The summed E-state index contributed by atoms with van der Waals surface area (Å²) in [6.45, 7) is 1.42. The number of hydrogen-bond acceptors (Lipinski definition) is 2. The minimum Gasteiger partial charge on any atom is -0.395 e. The van der Waals surface area contributed by atoms with Crippen molar-refractivity contribution in [3.63, 3.8) is 0 Å². The van der Waals surface area contributed by atoms with E-state index in [1.807, 2.05) is 22.6 Å². The van der Waals surface area contributed by atoms with Crippen LogP contribution in [0.5, 0.6) is 0 Å². The third-order valence-corrected chi connectivity index (χ3v) is 1.87. The Bertz CT molecular complexity index is 72.1. The number of aliphatic hydroxyl groups is 1. The van der Waals surface area contributed by atoms with Crippen LogP contribution in [-0.2, 0) is 4.79 Å². The van der Waals surface area contributed by atoms with Crippen molar-refractivity contribution in [2.45, 2.75) is 10.8 Å². The van der Waals surface area contributed by atoms with Crippen LogP contribution in [0.3, 0.4) is 0 Å². The molecule has 1 atom stereocenters. The molecule has 0 radical (unpaired) electrons. The molecule has 1 unspecified atom stereocenters.